The van der Waals surface area contributed by atoms with E-state index in [1.54, 1.807) is 53.2 Å². The van der Waals surface area contributed by atoms with E-state index < -0.39 is 5.97 Å². The summed E-state index contributed by atoms with van der Waals surface area (Å²) in [6.07, 6.45) is 4.61. The SMILES string of the molecule is C=CCn1c(SCC(=O)Nc2ccccc2C(=O)OCC)nc2sc3c(c2c1=O)CCC(C)C3. The Morgan fingerprint density at radius 1 is 1.38 bits per heavy atom. The van der Waals surface area contributed by atoms with Gasteiger partial charge >= 0.3 is 5.97 Å². The van der Waals surface area contributed by atoms with E-state index >= 15 is 0 Å². The van der Waals surface area contributed by atoms with Crippen molar-refractivity contribution >= 4 is 50.9 Å². The van der Waals surface area contributed by atoms with Crippen molar-refractivity contribution in [1.29, 1.82) is 0 Å². The van der Waals surface area contributed by atoms with E-state index in [-0.39, 0.29) is 23.8 Å². The van der Waals surface area contributed by atoms with Gasteiger partial charge in [-0.05, 0) is 49.8 Å². The number of thiophene rings is 1. The number of carbonyl (C=O) groups excluding carboxylic acids is 2. The Labute approximate surface area is 206 Å². The Morgan fingerprint density at radius 2 is 2.18 bits per heavy atom. The molecule has 9 heteroatoms. The van der Waals surface area contributed by atoms with E-state index in [9.17, 15) is 14.4 Å². The number of hydrogen-bond acceptors (Lipinski definition) is 7. The molecule has 1 aromatic carbocycles. The van der Waals surface area contributed by atoms with Crippen LogP contribution in [0.4, 0.5) is 5.69 Å². The molecule has 1 amide bonds. The van der Waals surface area contributed by atoms with Gasteiger partial charge in [-0.25, -0.2) is 9.78 Å². The molecule has 1 aliphatic rings. The lowest BCUT2D eigenvalue weighted by atomic mass is 9.89. The molecule has 1 N–H and O–H groups in total. The van der Waals surface area contributed by atoms with Crippen LogP contribution in [-0.2, 0) is 28.9 Å². The zero-order valence-corrected chi connectivity index (χ0v) is 20.9. The minimum absolute atomic E-state index is 0.0361. The molecule has 34 heavy (non-hydrogen) atoms. The zero-order valence-electron chi connectivity index (χ0n) is 19.3. The highest BCUT2D eigenvalue weighted by atomic mass is 32.2. The topological polar surface area (TPSA) is 90.3 Å². The number of carbonyl (C=O) groups is 2. The van der Waals surface area contributed by atoms with Crippen molar-refractivity contribution in [2.75, 3.05) is 17.7 Å². The maximum Gasteiger partial charge on any atom is 0.340 e. The maximum absolute atomic E-state index is 13.4. The summed E-state index contributed by atoms with van der Waals surface area (Å²) >= 11 is 2.79. The van der Waals surface area contributed by atoms with Gasteiger partial charge in [-0.2, -0.15) is 0 Å². The average molecular weight is 498 g/mol. The summed E-state index contributed by atoms with van der Waals surface area (Å²) < 4.78 is 6.65. The predicted octanol–water partition coefficient (Wildman–Crippen LogP) is 4.68. The van der Waals surface area contributed by atoms with Crippen LogP contribution in [0.5, 0.6) is 0 Å². The number of benzene rings is 1. The fourth-order valence-corrected chi connectivity index (χ4v) is 6.33. The standard InChI is InChI=1S/C25H27N3O4S2/c1-4-12-28-23(30)21-17-11-10-15(3)13-19(17)34-22(21)27-25(28)33-14-20(29)26-18-9-7-6-8-16(18)24(31)32-5-2/h4,6-9,15H,1,5,10-14H2,2-3H3,(H,26,29). The number of thioether (sulfide) groups is 1. The summed E-state index contributed by atoms with van der Waals surface area (Å²) in [6.45, 7) is 8.31. The number of nitrogens with one attached hydrogen (secondary N) is 1. The zero-order chi connectivity index (χ0) is 24.2. The molecule has 178 valence electrons. The molecule has 2 aromatic heterocycles. The number of ether oxygens (including phenoxy) is 1. The Bertz CT molecular complexity index is 1310. The van der Waals surface area contributed by atoms with E-state index in [2.05, 4.69) is 18.8 Å². The van der Waals surface area contributed by atoms with E-state index in [1.807, 2.05) is 0 Å². The molecule has 4 rings (SSSR count). The highest BCUT2D eigenvalue weighted by molar-refractivity contribution is 7.99. The van der Waals surface area contributed by atoms with Crippen LogP contribution in [0, 0.1) is 5.92 Å². The highest BCUT2D eigenvalue weighted by Crippen LogP contribution is 2.36. The molecular formula is C25H27N3O4S2. The summed E-state index contributed by atoms with van der Waals surface area (Å²) in [5.41, 5.74) is 1.74. The lowest BCUT2D eigenvalue weighted by Gasteiger charge is -2.17. The molecule has 7 nitrogen and oxygen atoms in total. The fourth-order valence-electron chi connectivity index (χ4n) is 4.10. The molecule has 1 aliphatic carbocycles. The van der Waals surface area contributed by atoms with Crippen LogP contribution in [0.2, 0.25) is 0 Å². The van der Waals surface area contributed by atoms with Crippen molar-refractivity contribution in [3.8, 4) is 0 Å². The van der Waals surface area contributed by atoms with Gasteiger partial charge in [-0.15, -0.1) is 17.9 Å². The Morgan fingerprint density at radius 3 is 2.94 bits per heavy atom. The minimum atomic E-state index is -0.492. The lowest BCUT2D eigenvalue weighted by molar-refractivity contribution is -0.113. The van der Waals surface area contributed by atoms with Gasteiger partial charge in [0, 0.05) is 11.4 Å². The van der Waals surface area contributed by atoms with Crippen molar-refractivity contribution in [2.24, 2.45) is 5.92 Å². The average Bonchev–Trinajstić information content (AvgIpc) is 3.17. The number of para-hydroxylation sites is 1. The summed E-state index contributed by atoms with van der Waals surface area (Å²) in [7, 11) is 0. The van der Waals surface area contributed by atoms with Crippen molar-refractivity contribution in [3.63, 3.8) is 0 Å². The van der Waals surface area contributed by atoms with Crippen LogP contribution in [0.25, 0.3) is 10.2 Å². The van der Waals surface area contributed by atoms with Crippen molar-refractivity contribution in [3.05, 3.63) is 63.3 Å². The first-order chi connectivity index (χ1) is 16.4. The number of aryl methyl sites for hydroxylation is 1. The van der Waals surface area contributed by atoms with Crippen LogP contribution in [0.1, 0.15) is 41.1 Å². The molecule has 0 saturated carbocycles. The van der Waals surface area contributed by atoms with Gasteiger partial charge in [0.15, 0.2) is 5.16 Å². The molecule has 0 fully saturated rings. The fraction of sp³-hybridized carbons (Fsp3) is 0.360. The molecular weight excluding hydrogens is 470 g/mol. The molecule has 0 aliphatic heterocycles. The van der Waals surface area contributed by atoms with Crippen molar-refractivity contribution < 1.29 is 14.3 Å². The van der Waals surface area contributed by atoms with E-state index in [1.165, 1.54) is 16.6 Å². The number of esters is 1. The van der Waals surface area contributed by atoms with Crippen LogP contribution in [0.3, 0.4) is 0 Å². The number of anilines is 1. The Balaban J connectivity index is 1.57. The highest BCUT2D eigenvalue weighted by Gasteiger charge is 2.25. The second-order valence-electron chi connectivity index (χ2n) is 8.23. The van der Waals surface area contributed by atoms with E-state index in [4.69, 9.17) is 9.72 Å². The summed E-state index contributed by atoms with van der Waals surface area (Å²) in [6, 6.07) is 6.72. The van der Waals surface area contributed by atoms with Crippen molar-refractivity contribution in [2.45, 2.75) is 44.8 Å². The van der Waals surface area contributed by atoms with Gasteiger partial charge in [0.2, 0.25) is 5.91 Å². The summed E-state index contributed by atoms with van der Waals surface area (Å²) in [4.78, 5) is 45.0. The van der Waals surface area contributed by atoms with Gasteiger partial charge < -0.3 is 10.1 Å². The Hall–Kier alpha value is -2.91. The quantitative estimate of drug-likeness (QED) is 0.210. The van der Waals surface area contributed by atoms with Gasteiger partial charge in [-0.3, -0.25) is 14.2 Å². The number of aromatic nitrogens is 2. The third-order valence-corrected chi connectivity index (χ3v) is 7.85. The number of allylic oxidation sites excluding steroid dienone is 1. The molecule has 1 atom stereocenters. The van der Waals surface area contributed by atoms with Gasteiger partial charge in [0.25, 0.3) is 5.56 Å². The minimum Gasteiger partial charge on any atom is -0.462 e. The van der Waals surface area contributed by atoms with Crippen LogP contribution >= 0.6 is 23.1 Å². The predicted molar refractivity (Wildman–Crippen MR) is 137 cm³/mol. The first kappa shape index (κ1) is 24.2. The number of hydrogen-bond donors (Lipinski definition) is 1. The normalized spacial score (nSPS) is 15.1. The van der Waals surface area contributed by atoms with Crippen LogP contribution < -0.4 is 10.9 Å². The molecule has 3 aromatic rings. The van der Waals surface area contributed by atoms with Gasteiger partial charge in [0.1, 0.15) is 4.83 Å². The van der Waals surface area contributed by atoms with Crippen LogP contribution in [0.15, 0.2) is 46.9 Å². The number of amides is 1. The van der Waals surface area contributed by atoms with Crippen LogP contribution in [-0.4, -0.2) is 33.8 Å². The lowest BCUT2D eigenvalue weighted by Crippen LogP contribution is -2.24. The summed E-state index contributed by atoms with van der Waals surface area (Å²) in [5.74, 6) is -0.158. The second kappa shape index (κ2) is 10.6. The maximum atomic E-state index is 13.4. The number of fused-ring (bicyclic) bond motifs is 3. The van der Waals surface area contributed by atoms with Gasteiger partial charge in [-0.1, -0.05) is 36.9 Å². The second-order valence-corrected chi connectivity index (χ2v) is 10.3. The number of nitrogens with zero attached hydrogens (tertiary/aromatic N) is 2. The van der Waals surface area contributed by atoms with Crippen molar-refractivity contribution in [1.82, 2.24) is 9.55 Å². The first-order valence-corrected chi connectivity index (χ1v) is 13.1. The molecule has 1 unspecified atom stereocenters. The monoisotopic (exact) mass is 497 g/mol. The largest absolute Gasteiger partial charge is 0.462 e. The first-order valence-electron chi connectivity index (χ1n) is 11.3. The van der Waals surface area contributed by atoms with E-state index in [0.717, 1.165) is 29.7 Å². The van der Waals surface area contributed by atoms with Gasteiger partial charge in [0.05, 0.1) is 29.0 Å². The molecule has 2 heterocycles. The third kappa shape index (κ3) is 4.95. The Kier molecular flexibility index (Phi) is 7.53. The molecule has 0 saturated heterocycles. The third-order valence-electron chi connectivity index (χ3n) is 5.72. The molecule has 0 spiro atoms. The summed E-state index contributed by atoms with van der Waals surface area (Å²) in [5, 5.41) is 3.97. The smallest absolute Gasteiger partial charge is 0.340 e. The number of rotatable bonds is 8. The van der Waals surface area contributed by atoms with E-state index in [0.29, 0.717) is 34.3 Å². The molecule has 0 bridgehead atoms. The molecule has 0 radical (unpaired) electrons.